The molecule has 0 nitrogen and oxygen atoms in total. The van der Waals surface area contributed by atoms with Crippen LogP contribution in [-0.2, 0) is 0 Å². The minimum Gasteiger partial charge on any atom is -0.218 e. The topological polar surface area (TPSA) is 0 Å². The fraction of sp³-hybridized carbons (Fsp3) is 1.00. The van der Waals surface area contributed by atoms with Crippen LogP contribution in [0, 0.1) is 0 Å². The first-order chi connectivity index (χ1) is 4.64. The van der Waals surface area contributed by atoms with Crippen LogP contribution in [0.4, 0.5) is 32.6 Å². The predicted molar refractivity (Wildman–Crippen MR) is 31.9 cm³/mol. The first-order valence-corrected chi connectivity index (χ1v) is 4.89. The van der Waals surface area contributed by atoms with Gasteiger partial charge in [-0.3, -0.25) is 0 Å². The van der Waals surface area contributed by atoms with Gasteiger partial charge in [0.25, 0.3) is 0 Å². The highest BCUT2D eigenvalue weighted by atomic mass is 79.9. The predicted octanol–water partition coefficient (Wildman–Crippen LogP) is 4.57. The fourth-order valence-corrected chi connectivity index (χ4v) is 1.82. The van der Waals surface area contributed by atoms with Gasteiger partial charge in [0.05, 0.1) is 0 Å². The van der Waals surface area contributed by atoms with Crippen LogP contribution in [-0.4, -0.2) is 10.3 Å². The summed E-state index contributed by atoms with van der Waals surface area (Å²) in [7, 11) is -10.8. The van der Waals surface area contributed by atoms with Crippen molar-refractivity contribution >= 4 is 26.2 Å². The van der Waals surface area contributed by atoms with Gasteiger partial charge in [0.15, 0.2) is 0 Å². The molecule has 78 valence electrons. The highest BCUT2D eigenvalue weighted by Crippen LogP contribution is 3.01. The van der Waals surface area contributed by atoms with Crippen LogP contribution in [0.3, 0.4) is 0 Å². The van der Waals surface area contributed by atoms with Gasteiger partial charge < -0.3 is 0 Å². The molecule has 10 heteroatoms. The zero-order valence-electron chi connectivity index (χ0n) is 4.89. The summed E-state index contributed by atoms with van der Waals surface area (Å²) in [6, 6.07) is 0. The Balaban J connectivity index is 5.11. The van der Waals surface area contributed by atoms with Crippen molar-refractivity contribution in [3.8, 4) is 0 Å². The van der Waals surface area contributed by atoms with Gasteiger partial charge in [0.2, 0.25) is 0 Å². The summed E-state index contributed by atoms with van der Waals surface area (Å²) in [5, 5.41) is 0. The van der Waals surface area contributed by atoms with E-state index in [4.69, 9.17) is 0 Å². The van der Waals surface area contributed by atoms with Gasteiger partial charge in [-0.25, -0.2) is 4.39 Å². The van der Waals surface area contributed by atoms with Crippen LogP contribution in [0.15, 0.2) is 0 Å². The second kappa shape index (κ2) is 2.02. The van der Waals surface area contributed by atoms with Crippen LogP contribution >= 0.6 is 26.2 Å². The second-order valence-electron chi connectivity index (χ2n) is 1.89. The third-order valence-corrected chi connectivity index (χ3v) is 2.43. The lowest BCUT2D eigenvalue weighted by Gasteiger charge is -2.43. The molecule has 0 rings (SSSR count). The highest BCUT2D eigenvalue weighted by Gasteiger charge is 2.78. The maximum absolute atomic E-state index is 11.6. The molecule has 0 spiro atoms. The lowest BCUT2D eigenvalue weighted by molar-refractivity contribution is 0.0404. The molecule has 0 saturated heterocycles. The Labute approximate surface area is 69.8 Å². The smallest absolute Gasteiger partial charge is 0.218 e. The minimum absolute atomic E-state index is 0.871. The molecule has 0 aliphatic heterocycles. The van der Waals surface area contributed by atoms with Gasteiger partial charge in [-0.05, 0) is 15.9 Å². The van der Waals surface area contributed by atoms with E-state index >= 15 is 0 Å². The Kier molecular flexibility index (Phi) is 2.06. The van der Waals surface area contributed by atoms with E-state index in [1.807, 2.05) is 0 Å². The van der Waals surface area contributed by atoms with Gasteiger partial charge in [-0.2, -0.15) is 8.78 Å². The summed E-state index contributed by atoms with van der Waals surface area (Å²) in [6.07, 6.45) is 0. The number of halogens is 9. The van der Waals surface area contributed by atoms with Crippen molar-refractivity contribution in [3.05, 3.63) is 0 Å². The minimum atomic E-state index is -10.8. The summed E-state index contributed by atoms with van der Waals surface area (Å²) < 4.78 is 90.6. The Hall–Kier alpha value is 0.270. The molecule has 0 N–H and O–H groups in total. The third-order valence-electron chi connectivity index (χ3n) is 0.648. The van der Waals surface area contributed by atoms with Gasteiger partial charge in [0.1, 0.15) is 0 Å². The van der Waals surface area contributed by atoms with E-state index in [1.54, 1.807) is 0 Å². The van der Waals surface area contributed by atoms with E-state index in [9.17, 15) is 32.6 Å². The zero-order chi connectivity index (χ0) is 10.5. The van der Waals surface area contributed by atoms with Gasteiger partial charge in [0, 0.05) is 0 Å². The van der Waals surface area contributed by atoms with Crippen LogP contribution in [0.25, 0.3) is 0 Å². The lowest BCUT2D eigenvalue weighted by Crippen LogP contribution is -2.33. The molecule has 0 saturated carbocycles. The molecule has 1 unspecified atom stereocenters. The first-order valence-electron chi connectivity index (χ1n) is 2.08. The van der Waals surface area contributed by atoms with Crippen LogP contribution in [0.1, 0.15) is 0 Å². The van der Waals surface area contributed by atoms with E-state index in [0.717, 1.165) is 15.9 Å². The Morgan fingerprint density at radius 1 is 1.00 bits per heavy atom. The summed E-state index contributed by atoms with van der Waals surface area (Å²) in [5.74, 6) is 0. The van der Waals surface area contributed by atoms with E-state index in [0.29, 0.717) is 0 Å². The molecule has 0 aliphatic rings. The maximum Gasteiger partial charge on any atom is 0.350 e. The average molecular weight is 289 g/mol. The molecule has 0 aliphatic carbocycles. The number of rotatable bonds is 2. The molecule has 1 atom stereocenters. The quantitative estimate of drug-likeness (QED) is 0.516. The normalized spacial score (nSPS) is 22.8. The van der Waals surface area contributed by atoms with E-state index in [1.165, 1.54) is 0 Å². The molecular formula is C2HBrF8S. The molecular weight excluding hydrogens is 288 g/mol. The molecule has 0 fully saturated rings. The summed E-state index contributed by atoms with van der Waals surface area (Å²) in [5.41, 5.74) is -5.47. The number of hydrogen-bond acceptors (Lipinski definition) is 0. The van der Waals surface area contributed by atoms with Gasteiger partial charge >= 0.3 is 20.6 Å². The second-order valence-corrected chi connectivity index (χ2v) is 5.41. The first kappa shape index (κ1) is 12.3. The number of hydrogen-bond donors (Lipinski definition) is 0. The van der Waals surface area contributed by atoms with Crippen molar-refractivity contribution in [2.45, 2.75) is 10.3 Å². The van der Waals surface area contributed by atoms with E-state index in [-0.39, 0.29) is 0 Å². The van der Waals surface area contributed by atoms with Crippen LogP contribution in [0.5, 0.6) is 0 Å². The van der Waals surface area contributed by atoms with Crippen LogP contribution < -0.4 is 0 Å². The average Bonchev–Trinajstić information content (AvgIpc) is 1.54. The Morgan fingerprint density at radius 2 is 1.25 bits per heavy atom. The standard InChI is InChI=1S/C2HBrF8S/c3-2(5,6)1(4)12(7,8,9,10)11/h1H. The van der Waals surface area contributed by atoms with Gasteiger partial charge in [-0.1, -0.05) is 19.4 Å². The van der Waals surface area contributed by atoms with Crippen molar-refractivity contribution in [2.75, 3.05) is 0 Å². The molecule has 0 radical (unpaired) electrons. The monoisotopic (exact) mass is 288 g/mol. The summed E-state index contributed by atoms with van der Waals surface area (Å²) >= 11 is 0.871. The molecule has 0 aromatic heterocycles. The third kappa shape index (κ3) is 3.33. The molecule has 0 aromatic rings. The number of alkyl halides is 4. The summed E-state index contributed by atoms with van der Waals surface area (Å²) in [4.78, 5) is -5.31. The fourth-order valence-electron chi connectivity index (χ4n) is 0.253. The van der Waals surface area contributed by atoms with Crippen molar-refractivity contribution in [1.82, 2.24) is 0 Å². The zero-order valence-corrected chi connectivity index (χ0v) is 7.29. The molecule has 12 heavy (non-hydrogen) atoms. The molecule has 0 bridgehead atoms. The highest BCUT2D eigenvalue weighted by molar-refractivity contribution is 9.10. The molecule has 0 amide bonds. The van der Waals surface area contributed by atoms with E-state index < -0.39 is 20.6 Å². The van der Waals surface area contributed by atoms with Gasteiger partial charge in [-0.15, -0.1) is 0 Å². The Morgan fingerprint density at radius 3 is 1.25 bits per heavy atom. The van der Waals surface area contributed by atoms with E-state index in [2.05, 4.69) is 0 Å². The molecule has 0 aromatic carbocycles. The van der Waals surface area contributed by atoms with Crippen molar-refractivity contribution in [1.29, 1.82) is 0 Å². The Bertz CT molecular complexity index is 183. The van der Waals surface area contributed by atoms with Crippen molar-refractivity contribution in [3.63, 3.8) is 0 Å². The molecule has 0 heterocycles. The largest absolute Gasteiger partial charge is 0.350 e. The SMILES string of the molecule is FC(C(F)(F)Br)S(F)(F)(F)(F)F. The van der Waals surface area contributed by atoms with Crippen LogP contribution in [0.2, 0.25) is 0 Å². The maximum atomic E-state index is 11.6. The lowest BCUT2D eigenvalue weighted by atomic mass is 10.8. The van der Waals surface area contributed by atoms with Crippen molar-refractivity contribution < 1.29 is 32.6 Å². The van der Waals surface area contributed by atoms with Crippen molar-refractivity contribution in [2.24, 2.45) is 0 Å². The summed E-state index contributed by atoms with van der Waals surface area (Å²) in [6.45, 7) is 0.